The highest BCUT2D eigenvalue weighted by Gasteiger charge is 2.05. The minimum absolute atomic E-state index is 0.124. The topological polar surface area (TPSA) is 26.3 Å². The molecule has 14 heavy (non-hydrogen) atoms. The lowest BCUT2D eigenvalue weighted by atomic mass is 10.0. The van der Waals surface area contributed by atoms with E-state index in [1.807, 2.05) is 26.0 Å². The molecule has 2 heteroatoms. The van der Waals surface area contributed by atoms with Crippen LogP contribution >= 0.6 is 0 Å². The Morgan fingerprint density at radius 3 is 2.64 bits per heavy atom. The zero-order chi connectivity index (χ0) is 10.6. The van der Waals surface area contributed by atoms with Gasteiger partial charge in [-0.05, 0) is 25.0 Å². The molecule has 2 nitrogen and oxygen atoms in total. The molecule has 0 radical (unpaired) electrons. The van der Waals surface area contributed by atoms with Crippen LogP contribution in [0.4, 0.5) is 0 Å². The molecule has 0 aromatic heterocycles. The van der Waals surface area contributed by atoms with E-state index < -0.39 is 0 Å². The fraction of sp³-hybridized carbons (Fsp3) is 0.417. The number of ether oxygens (including phenoxy) is 1. The summed E-state index contributed by atoms with van der Waals surface area (Å²) < 4.78 is 4.79. The molecule has 0 atom stereocenters. The number of aryl methyl sites for hydroxylation is 2. The summed E-state index contributed by atoms with van der Waals surface area (Å²) in [5.41, 5.74) is 3.50. The standard InChI is InChI=1S/C12H16O2/c1-9-4-5-11(10(2)6-9)7-12(13)8-14-3/h4-6H,7-8H2,1-3H3. The predicted molar refractivity (Wildman–Crippen MR) is 56.5 cm³/mol. The second-order valence-electron chi connectivity index (χ2n) is 3.58. The first-order valence-corrected chi connectivity index (χ1v) is 4.70. The SMILES string of the molecule is COCC(=O)Cc1ccc(C)cc1C. The number of rotatable bonds is 4. The van der Waals surface area contributed by atoms with Gasteiger partial charge in [0, 0.05) is 13.5 Å². The molecule has 0 spiro atoms. The first-order valence-electron chi connectivity index (χ1n) is 4.70. The van der Waals surface area contributed by atoms with Crippen molar-refractivity contribution in [1.29, 1.82) is 0 Å². The maximum absolute atomic E-state index is 11.3. The molecular formula is C12H16O2. The van der Waals surface area contributed by atoms with Crippen molar-refractivity contribution in [3.63, 3.8) is 0 Å². The van der Waals surface area contributed by atoms with Gasteiger partial charge in [-0.15, -0.1) is 0 Å². The molecule has 76 valence electrons. The molecule has 0 N–H and O–H groups in total. The van der Waals surface area contributed by atoms with Gasteiger partial charge >= 0.3 is 0 Å². The molecule has 0 bridgehead atoms. The minimum Gasteiger partial charge on any atom is -0.377 e. The molecule has 0 aliphatic heterocycles. The van der Waals surface area contributed by atoms with Gasteiger partial charge in [-0.2, -0.15) is 0 Å². The van der Waals surface area contributed by atoms with Crippen molar-refractivity contribution < 1.29 is 9.53 Å². The van der Waals surface area contributed by atoms with Crippen LogP contribution in [-0.4, -0.2) is 19.5 Å². The number of benzene rings is 1. The van der Waals surface area contributed by atoms with Crippen LogP contribution in [-0.2, 0) is 16.0 Å². The van der Waals surface area contributed by atoms with E-state index in [0.29, 0.717) is 6.42 Å². The summed E-state index contributed by atoms with van der Waals surface area (Å²) >= 11 is 0. The molecule has 1 rings (SSSR count). The average molecular weight is 192 g/mol. The maximum Gasteiger partial charge on any atom is 0.162 e. The Hall–Kier alpha value is -1.15. The zero-order valence-corrected chi connectivity index (χ0v) is 8.96. The van der Waals surface area contributed by atoms with E-state index in [9.17, 15) is 4.79 Å². The highest BCUT2D eigenvalue weighted by Crippen LogP contribution is 2.11. The van der Waals surface area contributed by atoms with Gasteiger partial charge in [-0.1, -0.05) is 23.8 Å². The van der Waals surface area contributed by atoms with E-state index in [1.54, 1.807) is 7.11 Å². The molecular weight excluding hydrogens is 176 g/mol. The first kappa shape index (κ1) is 10.9. The highest BCUT2D eigenvalue weighted by atomic mass is 16.5. The average Bonchev–Trinajstić information content (AvgIpc) is 2.10. The summed E-state index contributed by atoms with van der Waals surface area (Å²) in [4.78, 5) is 11.3. The number of methoxy groups -OCH3 is 1. The lowest BCUT2D eigenvalue weighted by Gasteiger charge is -2.05. The summed E-state index contributed by atoms with van der Waals surface area (Å²) in [6.07, 6.45) is 0.472. The van der Waals surface area contributed by atoms with Crippen LogP contribution in [0.2, 0.25) is 0 Å². The molecule has 0 aliphatic rings. The summed E-state index contributed by atoms with van der Waals surface area (Å²) in [5.74, 6) is 0.124. The van der Waals surface area contributed by atoms with E-state index in [1.165, 1.54) is 11.1 Å². The second-order valence-corrected chi connectivity index (χ2v) is 3.58. The van der Waals surface area contributed by atoms with Crippen LogP contribution in [0.15, 0.2) is 18.2 Å². The van der Waals surface area contributed by atoms with Crippen molar-refractivity contribution >= 4 is 5.78 Å². The third kappa shape index (κ3) is 2.96. The zero-order valence-electron chi connectivity index (χ0n) is 8.96. The Labute approximate surface area is 84.9 Å². The van der Waals surface area contributed by atoms with E-state index in [0.717, 1.165) is 5.56 Å². The molecule has 0 aliphatic carbocycles. The Balaban J connectivity index is 2.72. The van der Waals surface area contributed by atoms with Gasteiger partial charge in [-0.25, -0.2) is 0 Å². The fourth-order valence-corrected chi connectivity index (χ4v) is 1.47. The lowest BCUT2D eigenvalue weighted by molar-refractivity contribution is -0.121. The Morgan fingerprint density at radius 2 is 2.07 bits per heavy atom. The minimum atomic E-state index is 0.124. The van der Waals surface area contributed by atoms with Crippen molar-refractivity contribution in [2.75, 3.05) is 13.7 Å². The van der Waals surface area contributed by atoms with Crippen molar-refractivity contribution in [3.8, 4) is 0 Å². The van der Waals surface area contributed by atoms with Crippen LogP contribution in [0.5, 0.6) is 0 Å². The van der Waals surface area contributed by atoms with Crippen LogP contribution in [0, 0.1) is 13.8 Å². The quantitative estimate of drug-likeness (QED) is 0.730. The molecule has 0 fully saturated rings. The summed E-state index contributed by atoms with van der Waals surface area (Å²) in [5, 5.41) is 0. The lowest BCUT2D eigenvalue weighted by Crippen LogP contribution is -2.10. The van der Waals surface area contributed by atoms with Crippen molar-refractivity contribution in [2.45, 2.75) is 20.3 Å². The summed E-state index contributed by atoms with van der Waals surface area (Å²) in [6, 6.07) is 6.13. The van der Waals surface area contributed by atoms with Gasteiger partial charge < -0.3 is 4.74 Å². The smallest absolute Gasteiger partial charge is 0.162 e. The number of hydrogen-bond donors (Lipinski definition) is 0. The largest absolute Gasteiger partial charge is 0.377 e. The van der Waals surface area contributed by atoms with Crippen molar-refractivity contribution in [1.82, 2.24) is 0 Å². The molecule has 0 amide bonds. The summed E-state index contributed by atoms with van der Waals surface area (Å²) in [6.45, 7) is 4.28. The Bertz CT molecular complexity index is 329. The van der Waals surface area contributed by atoms with Gasteiger partial charge in [-0.3, -0.25) is 4.79 Å². The monoisotopic (exact) mass is 192 g/mol. The Kier molecular flexibility index (Phi) is 3.84. The van der Waals surface area contributed by atoms with E-state index in [4.69, 9.17) is 4.74 Å². The van der Waals surface area contributed by atoms with Gasteiger partial charge in [0.15, 0.2) is 5.78 Å². The molecule has 1 aromatic rings. The van der Waals surface area contributed by atoms with Crippen molar-refractivity contribution in [3.05, 3.63) is 34.9 Å². The van der Waals surface area contributed by atoms with Gasteiger partial charge in [0.2, 0.25) is 0 Å². The van der Waals surface area contributed by atoms with Crippen molar-refractivity contribution in [2.24, 2.45) is 0 Å². The fourth-order valence-electron chi connectivity index (χ4n) is 1.47. The predicted octanol–water partition coefficient (Wildman–Crippen LogP) is 2.06. The molecule has 0 heterocycles. The van der Waals surface area contributed by atoms with Gasteiger partial charge in [0.1, 0.15) is 6.61 Å². The number of ketones is 1. The van der Waals surface area contributed by atoms with Crippen LogP contribution in [0.1, 0.15) is 16.7 Å². The van der Waals surface area contributed by atoms with Gasteiger partial charge in [0.25, 0.3) is 0 Å². The van der Waals surface area contributed by atoms with Crippen LogP contribution in [0.3, 0.4) is 0 Å². The molecule has 1 aromatic carbocycles. The van der Waals surface area contributed by atoms with E-state index >= 15 is 0 Å². The first-order chi connectivity index (χ1) is 6.63. The number of carbonyl (C=O) groups is 1. The number of Topliss-reactive ketones (excluding diaryl/α,β-unsaturated/α-hetero) is 1. The van der Waals surface area contributed by atoms with Crippen LogP contribution in [0.25, 0.3) is 0 Å². The number of carbonyl (C=O) groups excluding carboxylic acids is 1. The molecule has 0 saturated carbocycles. The Morgan fingerprint density at radius 1 is 1.36 bits per heavy atom. The highest BCUT2D eigenvalue weighted by molar-refractivity contribution is 5.82. The van der Waals surface area contributed by atoms with E-state index in [-0.39, 0.29) is 12.4 Å². The van der Waals surface area contributed by atoms with Crippen LogP contribution < -0.4 is 0 Å². The molecule has 0 saturated heterocycles. The third-order valence-electron chi connectivity index (χ3n) is 2.19. The normalized spacial score (nSPS) is 10.2. The number of hydrogen-bond acceptors (Lipinski definition) is 2. The molecule has 0 unspecified atom stereocenters. The van der Waals surface area contributed by atoms with E-state index in [2.05, 4.69) is 6.07 Å². The maximum atomic E-state index is 11.3. The summed E-state index contributed by atoms with van der Waals surface area (Å²) in [7, 11) is 1.54. The second kappa shape index (κ2) is 4.91. The van der Waals surface area contributed by atoms with Gasteiger partial charge in [0.05, 0.1) is 0 Å². The third-order valence-corrected chi connectivity index (χ3v) is 2.19.